The molecule has 96 valence electrons. The maximum atomic E-state index is 11.6. The van der Waals surface area contributed by atoms with Crippen molar-refractivity contribution < 1.29 is 18.3 Å². The molecule has 0 aromatic heterocycles. The molecule has 0 heterocycles. The van der Waals surface area contributed by atoms with E-state index in [4.69, 9.17) is 5.11 Å². The van der Waals surface area contributed by atoms with Crippen LogP contribution in [0.15, 0.2) is 0 Å². The van der Waals surface area contributed by atoms with Gasteiger partial charge in [-0.15, -0.1) is 0 Å². The molecule has 0 aromatic carbocycles. The lowest BCUT2D eigenvalue weighted by molar-refractivity contribution is -0.139. The number of carboxylic acid groups (broad SMARTS) is 1. The fraction of sp³-hybridized carbons (Fsp3) is 0.900. The molecule has 0 saturated carbocycles. The first-order valence-corrected chi connectivity index (χ1v) is 6.95. The first-order valence-electron chi connectivity index (χ1n) is 5.30. The zero-order valence-electron chi connectivity index (χ0n) is 10.3. The summed E-state index contributed by atoms with van der Waals surface area (Å²) in [5.41, 5.74) is -0.0836. The average molecular weight is 251 g/mol. The normalized spacial score (nSPS) is 14.8. The standard InChI is InChI=1S/C10H21NO4S/c1-5-8(9(12)13)11-16(14,15)7-6-10(2,3)4/h8,11H,5-7H2,1-4H3,(H,12,13)/t8-/m0/s1. The molecule has 5 nitrogen and oxygen atoms in total. The van der Waals surface area contributed by atoms with Gasteiger partial charge in [-0.25, -0.2) is 13.1 Å². The molecule has 0 aliphatic rings. The Hall–Kier alpha value is -0.620. The van der Waals surface area contributed by atoms with Crippen LogP contribution in [0.2, 0.25) is 0 Å². The van der Waals surface area contributed by atoms with Crippen LogP contribution >= 0.6 is 0 Å². The summed E-state index contributed by atoms with van der Waals surface area (Å²) >= 11 is 0. The molecule has 1 atom stereocenters. The number of hydrogen-bond donors (Lipinski definition) is 2. The predicted octanol–water partition coefficient (Wildman–Crippen LogP) is 1.21. The molecule has 0 aliphatic carbocycles. The molecule has 0 saturated heterocycles. The second kappa shape index (κ2) is 5.63. The Morgan fingerprint density at radius 1 is 1.38 bits per heavy atom. The number of rotatable bonds is 6. The molecule has 0 rings (SSSR count). The smallest absolute Gasteiger partial charge is 0.321 e. The van der Waals surface area contributed by atoms with Gasteiger partial charge in [0.05, 0.1) is 5.75 Å². The Kier molecular flexibility index (Phi) is 5.41. The van der Waals surface area contributed by atoms with Gasteiger partial charge in [0.2, 0.25) is 10.0 Å². The van der Waals surface area contributed by atoms with Crippen molar-refractivity contribution in [2.75, 3.05) is 5.75 Å². The summed E-state index contributed by atoms with van der Waals surface area (Å²) in [6.07, 6.45) is 0.739. The maximum absolute atomic E-state index is 11.6. The second-order valence-corrected chi connectivity index (χ2v) is 6.92. The van der Waals surface area contributed by atoms with Gasteiger partial charge in [0.1, 0.15) is 6.04 Å². The molecule has 0 spiro atoms. The van der Waals surface area contributed by atoms with Gasteiger partial charge in [-0.2, -0.15) is 0 Å². The second-order valence-electron chi connectivity index (χ2n) is 5.05. The Labute approximate surface area is 97.3 Å². The summed E-state index contributed by atoms with van der Waals surface area (Å²) in [4.78, 5) is 10.7. The highest BCUT2D eigenvalue weighted by atomic mass is 32.2. The molecular formula is C10H21NO4S. The predicted molar refractivity (Wildman–Crippen MR) is 62.7 cm³/mol. The van der Waals surface area contributed by atoms with Gasteiger partial charge < -0.3 is 5.11 Å². The van der Waals surface area contributed by atoms with E-state index in [1.54, 1.807) is 6.92 Å². The quantitative estimate of drug-likeness (QED) is 0.743. The number of sulfonamides is 1. The fourth-order valence-electron chi connectivity index (χ4n) is 1.02. The molecular weight excluding hydrogens is 230 g/mol. The van der Waals surface area contributed by atoms with E-state index in [1.807, 2.05) is 20.8 Å². The molecule has 2 N–H and O–H groups in total. The summed E-state index contributed by atoms with van der Waals surface area (Å²) in [7, 11) is -3.50. The minimum atomic E-state index is -3.50. The highest BCUT2D eigenvalue weighted by Crippen LogP contribution is 2.19. The number of nitrogens with one attached hydrogen (secondary N) is 1. The van der Waals surface area contributed by atoms with E-state index in [9.17, 15) is 13.2 Å². The van der Waals surface area contributed by atoms with Crippen LogP contribution in [0.1, 0.15) is 40.5 Å². The van der Waals surface area contributed by atoms with Gasteiger partial charge in [0.25, 0.3) is 0 Å². The molecule has 0 bridgehead atoms. The summed E-state index contributed by atoms with van der Waals surface area (Å²) in [5.74, 6) is -1.18. The van der Waals surface area contributed by atoms with Crippen molar-refractivity contribution in [1.82, 2.24) is 4.72 Å². The Bertz CT molecular complexity index is 329. The Morgan fingerprint density at radius 3 is 2.19 bits per heavy atom. The van der Waals surface area contributed by atoms with Gasteiger partial charge in [0, 0.05) is 0 Å². The van der Waals surface area contributed by atoms with Crippen molar-refractivity contribution in [1.29, 1.82) is 0 Å². The lowest BCUT2D eigenvalue weighted by Gasteiger charge is -2.19. The average Bonchev–Trinajstić information content (AvgIpc) is 2.10. The third-order valence-corrected chi connectivity index (χ3v) is 3.53. The van der Waals surface area contributed by atoms with E-state index in [1.165, 1.54) is 0 Å². The van der Waals surface area contributed by atoms with E-state index < -0.39 is 22.0 Å². The molecule has 0 amide bonds. The highest BCUT2D eigenvalue weighted by molar-refractivity contribution is 7.89. The first-order chi connectivity index (χ1) is 7.07. The van der Waals surface area contributed by atoms with Gasteiger partial charge >= 0.3 is 5.97 Å². The number of carboxylic acids is 1. The van der Waals surface area contributed by atoms with Gasteiger partial charge in [-0.3, -0.25) is 4.79 Å². The third kappa shape index (κ3) is 6.79. The van der Waals surface area contributed by atoms with Gasteiger partial charge in [0.15, 0.2) is 0 Å². The summed E-state index contributed by atoms with van der Waals surface area (Å²) in [6, 6.07) is -1.02. The van der Waals surface area contributed by atoms with Crippen LogP contribution in [-0.4, -0.2) is 31.3 Å². The van der Waals surface area contributed by atoms with Crippen molar-refractivity contribution in [2.45, 2.75) is 46.6 Å². The molecule has 0 aliphatic heterocycles. The van der Waals surface area contributed by atoms with Crippen molar-refractivity contribution in [3.05, 3.63) is 0 Å². The van der Waals surface area contributed by atoms with Crippen LogP contribution in [0, 0.1) is 5.41 Å². The van der Waals surface area contributed by atoms with E-state index in [0.29, 0.717) is 6.42 Å². The maximum Gasteiger partial charge on any atom is 0.321 e. The molecule has 16 heavy (non-hydrogen) atoms. The minimum absolute atomic E-state index is 0.0414. The highest BCUT2D eigenvalue weighted by Gasteiger charge is 2.23. The molecule has 0 unspecified atom stereocenters. The van der Waals surface area contributed by atoms with Crippen molar-refractivity contribution in [2.24, 2.45) is 5.41 Å². The van der Waals surface area contributed by atoms with Crippen molar-refractivity contribution in [3.8, 4) is 0 Å². The van der Waals surface area contributed by atoms with Crippen LogP contribution < -0.4 is 4.72 Å². The van der Waals surface area contributed by atoms with Crippen LogP contribution in [0.4, 0.5) is 0 Å². The Balaban J connectivity index is 4.41. The number of hydrogen-bond acceptors (Lipinski definition) is 3. The monoisotopic (exact) mass is 251 g/mol. The zero-order chi connectivity index (χ0) is 13.0. The van der Waals surface area contributed by atoms with Crippen molar-refractivity contribution in [3.63, 3.8) is 0 Å². The van der Waals surface area contributed by atoms with E-state index >= 15 is 0 Å². The van der Waals surface area contributed by atoms with E-state index in [-0.39, 0.29) is 17.6 Å². The first kappa shape index (κ1) is 15.4. The van der Waals surface area contributed by atoms with Gasteiger partial charge in [-0.05, 0) is 18.3 Å². The van der Waals surface area contributed by atoms with Crippen molar-refractivity contribution >= 4 is 16.0 Å². The molecule has 0 aromatic rings. The number of aliphatic carboxylic acids is 1. The number of carbonyl (C=O) groups is 1. The molecule has 0 fully saturated rings. The summed E-state index contributed by atoms with van der Waals surface area (Å²) in [5, 5.41) is 8.74. The fourth-order valence-corrected chi connectivity index (χ4v) is 2.72. The van der Waals surface area contributed by atoms with Crippen LogP contribution in [0.5, 0.6) is 0 Å². The van der Waals surface area contributed by atoms with Gasteiger partial charge in [-0.1, -0.05) is 27.7 Å². The third-order valence-electron chi connectivity index (χ3n) is 2.15. The van der Waals surface area contributed by atoms with Crippen LogP contribution in [0.25, 0.3) is 0 Å². The Morgan fingerprint density at radius 2 is 1.88 bits per heavy atom. The van der Waals surface area contributed by atoms with Crippen LogP contribution in [-0.2, 0) is 14.8 Å². The van der Waals surface area contributed by atoms with E-state index in [2.05, 4.69) is 4.72 Å². The summed E-state index contributed by atoms with van der Waals surface area (Å²) in [6.45, 7) is 7.45. The summed E-state index contributed by atoms with van der Waals surface area (Å²) < 4.78 is 25.3. The lowest BCUT2D eigenvalue weighted by atomic mass is 9.94. The SMILES string of the molecule is CC[C@H](NS(=O)(=O)CCC(C)(C)C)C(=O)O. The minimum Gasteiger partial charge on any atom is -0.480 e. The molecule has 6 heteroatoms. The molecule has 0 radical (unpaired) electrons. The van der Waals surface area contributed by atoms with E-state index in [0.717, 1.165) is 0 Å². The zero-order valence-corrected chi connectivity index (χ0v) is 11.1. The largest absolute Gasteiger partial charge is 0.480 e. The lowest BCUT2D eigenvalue weighted by Crippen LogP contribution is -2.41. The topological polar surface area (TPSA) is 83.5 Å². The van der Waals surface area contributed by atoms with Crippen LogP contribution in [0.3, 0.4) is 0 Å².